The number of unbranched alkanes of at least 4 members (excludes halogenated alkanes) is 1. The number of anilines is 1. The van der Waals surface area contributed by atoms with Crippen LogP contribution >= 0.6 is 24.0 Å². The molecular formula is C31H38Cl2N2O4. The van der Waals surface area contributed by atoms with Gasteiger partial charge in [0, 0.05) is 18.6 Å². The highest BCUT2D eigenvalue weighted by molar-refractivity contribution is 6.33. The highest BCUT2D eigenvalue weighted by Crippen LogP contribution is 2.32. The maximum absolute atomic E-state index is 13.2. The standard InChI is InChI=1S/C31H37ClN2O4.ClH/c1-36-25-16-22(17-26(18-25)37-2)21-38-31-20-29(33)28(32)19-27(31)30(35)10-6-7-13-34-14-11-24(12-15-34)23-8-4-3-5-9-23;/h3-5,8-9,16-20,24H,6-7,10-15,21,33H2,1-2H3;1H. The van der Waals surface area contributed by atoms with Gasteiger partial charge in [-0.1, -0.05) is 41.9 Å². The van der Waals surface area contributed by atoms with E-state index in [4.69, 9.17) is 31.5 Å². The van der Waals surface area contributed by atoms with Gasteiger partial charge >= 0.3 is 0 Å². The fourth-order valence-electron chi connectivity index (χ4n) is 4.99. The molecule has 1 aliphatic rings. The van der Waals surface area contributed by atoms with Crippen LogP contribution in [0, 0.1) is 0 Å². The zero-order valence-electron chi connectivity index (χ0n) is 22.7. The molecule has 39 heavy (non-hydrogen) atoms. The Balaban J connectivity index is 0.00000420. The highest BCUT2D eigenvalue weighted by Gasteiger charge is 2.20. The molecule has 0 amide bonds. The molecule has 0 unspecified atom stereocenters. The fraction of sp³-hybridized carbons (Fsp3) is 0.387. The number of nitrogens with two attached hydrogens (primary N) is 1. The molecule has 0 aromatic heterocycles. The number of hydrogen-bond acceptors (Lipinski definition) is 6. The minimum atomic E-state index is 0. The van der Waals surface area contributed by atoms with Crippen LogP contribution in [0.15, 0.2) is 60.7 Å². The van der Waals surface area contributed by atoms with Gasteiger partial charge in [0.2, 0.25) is 0 Å². The lowest BCUT2D eigenvalue weighted by Gasteiger charge is -2.32. The number of hydrogen-bond donors (Lipinski definition) is 1. The molecule has 1 aliphatic heterocycles. The number of benzene rings is 3. The molecule has 1 saturated heterocycles. The average Bonchev–Trinajstić information content (AvgIpc) is 2.96. The summed E-state index contributed by atoms with van der Waals surface area (Å²) < 4.78 is 16.7. The van der Waals surface area contributed by atoms with E-state index in [2.05, 4.69) is 35.2 Å². The number of likely N-dealkylation sites (tertiary alicyclic amines) is 1. The summed E-state index contributed by atoms with van der Waals surface area (Å²) in [4.78, 5) is 15.7. The van der Waals surface area contributed by atoms with E-state index < -0.39 is 0 Å². The Labute approximate surface area is 242 Å². The van der Waals surface area contributed by atoms with Crippen molar-refractivity contribution in [2.24, 2.45) is 0 Å². The largest absolute Gasteiger partial charge is 0.497 e. The molecule has 1 heterocycles. The second-order valence-corrected chi connectivity index (χ2v) is 10.2. The van der Waals surface area contributed by atoms with Crippen LogP contribution in [0.3, 0.4) is 0 Å². The lowest BCUT2D eigenvalue weighted by atomic mass is 9.89. The normalized spacial score (nSPS) is 13.9. The van der Waals surface area contributed by atoms with Crippen LogP contribution in [0.5, 0.6) is 17.2 Å². The molecule has 2 N–H and O–H groups in total. The molecule has 0 radical (unpaired) electrons. The van der Waals surface area contributed by atoms with Crippen molar-refractivity contribution < 1.29 is 19.0 Å². The van der Waals surface area contributed by atoms with Crippen LogP contribution < -0.4 is 19.9 Å². The second-order valence-electron chi connectivity index (χ2n) is 9.79. The van der Waals surface area contributed by atoms with Crippen LogP contribution in [0.25, 0.3) is 0 Å². The molecule has 4 rings (SSSR count). The van der Waals surface area contributed by atoms with Gasteiger partial charge in [-0.15, -0.1) is 12.4 Å². The number of piperidine rings is 1. The summed E-state index contributed by atoms with van der Waals surface area (Å²) in [5.41, 5.74) is 9.17. The predicted octanol–water partition coefficient (Wildman–Crippen LogP) is 7.17. The number of carbonyl (C=O) groups is 1. The van der Waals surface area contributed by atoms with Crippen molar-refractivity contribution in [1.82, 2.24) is 4.90 Å². The molecular weight excluding hydrogens is 535 g/mol. The van der Waals surface area contributed by atoms with E-state index in [0.717, 1.165) is 38.0 Å². The van der Waals surface area contributed by atoms with E-state index in [1.54, 1.807) is 32.4 Å². The Hall–Kier alpha value is -2.93. The monoisotopic (exact) mass is 572 g/mol. The molecule has 0 aliphatic carbocycles. The summed E-state index contributed by atoms with van der Waals surface area (Å²) in [6.45, 7) is 3.45. The van der Waals surface area contributed by atoms with Crippen molar-refractivity contribution in [1.29, 1.82) is 0 Å². The Morgan fingerprint density at radius 1 is 0.974 bits per heavy atom. The molecule has 0 atom stereocenters. The Morgan fingerprint density at radius 2 is 1.64 bits per heavy atom. The van der Waals surface area contributed by atoms with Crippen LogP contribution in [0.1, 0.15) is 59.5 Å². The van der Waals surface area contributed by atoms with E-state index >= 15 is 0 Å². The zero-order valence-corrected chi connectivity index (χ0v) is 24.2. The fourth-order valence-corrected chi connectivity index (χ4v) is 5.15. The van der Waals surface area contributed by atoms with Crippen LogP contribution in [-0.2, 0) is 6.61 Å². The first-order valence-corrected chi connectivity index (χ1v) is 13.6. The SMILES string of the molecule is COc1cc(COc2cc(N)c(Cl)cc2C(=O)CCCCN2CCC(c3ccccc3)CC2)cc(OC)c1.Cl. The number of nitrogen functional groups attached to an aromatic ring is 1. The van der Waals surface area contributed by atoms with E-state index in [-0.39, 0.29) is 24.8 Å². The van der Waals surface area contributed by atoms with Crippen LogP contribution in [0.2, 0.25) is 5.02 Å². The number of carbonyl (C=O) groups excluding carboxylic acids is 1. The maximum Gasteiger partial charge on any atom is 0.166 e. The smallest absolute Gasteiger partial charge is 0.166 e. The van der Waals surface area contributed by atoms with Crippen molar-refractivity contribution >= 4 is 35.5 Å². The third-order valence-electron chi connectivity index (χ3n) is 7.19. The Kier molecular flexibility index (Phi) is 11.8. The summed E-state index contributed by atoms with van der Waals surface area (Å²) in [6.07, 6.45) is 4.60. The topological polar surface area (TPSA) is 74.0 Å². The number of halogens is 2. The minimum absolute atomic E-state index is 0. The Morgan fingerprint density at radius 3 is 2.28 bits per heavy atom. The van der Waals surface area contributed by atoms with Crippen molar-refractivity contribution in [3.8, 4) is 17.2 Å². The molecule has 8 heteroatoms. The van der Waals surface area contributed by atoms with Gasteiger partial charge in [0.1, 0.15) is 23.9 Å². The molecule has 6 nitrogen and oxygen atoms in total. The van der Waals surface area contributed by atoms with Gasteiger partial charge in [0.25, 0.3) is 0 Å². The molecule has 210 valence electrons. The summed E-state index contributed by atoms with van der Waals surface area (Å²) >= 11 is 6.27. The molecule has 0 spiro atoms. The molecule has 0 saturated carbocycles. The molecule has 0 bridgehead atoms. The number of methoxy groups -OCH3 is 2. The quantitative estimate of drug-likeness (QED) is 0.141. The van der Waals surface area contributed by atoms with Crippen molar-refractivity contribution in [2.75, 3.05) is 39.6 Å². The van der Waals surface area contributed by atoms with Gasteiger partial charge in [-0.25, -0.2) is 0 Å². The lowest BCUT2D eigenvalue weighted by Crippen LogP contribution is -2.33. The molecule has 1 fully saturated rings. The molecule has 3 aromatic carbocycles. The first kappa shape index (κ1) is 30.6. The van der Waals surface area contributed by atoms with E-state index in [1.807, 2.05) is 12.1 Å². The number of ketones is 1. The summed E-state index contributed by atoms with van der Waals surface area (Å²) in [5, 5.41) is 0.352. The van der Waals surface area contributed by atoms with Gasteiger partial charge in [-0.2, -0.15) is 0 Å². The van der Waals surface area contributed by atoms with Gasteiger partial charge < -0.3 is 24.8 Å². The number of rotatable bonds is 12. The highest BCUT2D eigenvalue weighted by atomic mass is 35.5. The van der Waals surface area contributed by atoms with Crippen molar-refractivity contribution in [3.05, 3.63) is 82.4 Å². The number of Topliss-reactive ketones (excluding diaryl/α,β-unsaturated/α-hetero) is 1. The first-order chi connectivity index (χ1) is 18.5. The van der Waals surface area contributed by atoms with Crippen molar-refractivity contribution in [3.63, 3.8) is 0 Å². The summed E-state index contributed by atoms with van der Waals surface area (Å²) in [6, 6.07) is 19.6. The van der Waals surface area contributed by atoms with Gasteiger partial charge in [0.15, 0.2) is 5.78 Å². The zero-order chi connectivity index (χ0) is 26.9. The van der Waals surface area contributed by atoms with Crippen LogP contribution in [0.4, 0.5) is 5.69 Å². The number of ether oxygens (including phenoxy) is 3. The number of nitrogens with zero attached hydrogens (tertiary/aromatic N) is 1. The summed E-state index contributed by atoms with van der Waals surface area (Å²) in [7, 11) is 3.20. The molecule has 3 aromatic rings. The van der Waals surface area contributed by atoms with Crippen molar-refractivity contribution in [2.45, 2.75) is 44.6 Å². The first-order valence-electron chi connectivity index (χ1n) is 13.2. The third-order valence-corrected chi connectivity index (χ3v) is 7.52. The summed E-state index contributed by atoms with van der Waals surface area (Å²) in [5.74, 6) is 2.42. The predicted molar refractivity (Wildman–Crippen MR) is 160 cm³/mol. The van der Waals surface area contributed by atoms with Gasteiger partial charge in [-0.3, -0.25) is 4.79 Å². The van der Waals surface area contributed by atoms with Crippen LogP contribution in [-0.4, -0.2) is 44.5 Å². The minimum Gasteiger partial charge on any atom is -0.497 e. The van der Waals surface area contributed by atoms with Gasteiger partial charge in [-0.05, 0) is 80.6 Å². The Bertz CT molecular complexity index is 1190. The van der Waals surface area contributed by atoms with Gasteiger partial charge in [0.05, 0.1) is 30.5 Å². The second kappa shape index (κ2) is 15.0. The lowest BCUT2D eigenvalue weighted by molar-refractivity contribution is 0.0972. The van der Waals surface area contributed by atoms with E-state index in [0.29, 0.717) is 45.9 Å². The van der Waals surface area contributed by atoms with E-state index in [9.17, 15) is 4.79 Å². The maximum atomic E-state index is 13.2. The third kappa shape index (κ3) is 8.53. The van der Waals surface area contributed by atoms with E-state index in [1.165, 1.54) is 18.4 Å². The average molecular weight is 574 g/mol.